The standard InChI is InChI=1S/C15H22N2/c1-12-10-13-4-5-14(17-8-2-3-9-17)6-7-15(13)16-11-12/h10-11,14H,2-9H2,1H3/t14-/m0/s1. The largest absolute Gasteiger partial charge is 0.300 e. The molecule has 17 heavy (non-hydrogen) atoms. The van der Waals surface area contributed by atoms with Crippen molar-refractivity contribution in [3.05, 3.63) is 29.1 Å². The molecule has 0 unspecified atom stereocenters. The average Bonchev–Trinajstić information content (AvgIpc) is 2.77. The highest BCUT2D eigenvalue weighted by molar-refractivity contribution is 5.26. The number of likely N-dealkylation sites (tertiary alicyclic amines) is 1. The van der Waals surface area contributed by atoms with E-state index in [0.29, 0.717) is 0 Å². The van der Waals surface area contributed by atoms with Gasteiger partial charge in [-0.15, -0.1) is 0 Å². The highest BCUT2D eigenvalue weighted by Gasteiger charge is 2.24. The lowest BCUT2D eigenvalue weighted by atomic mass is 10.1. The number of aryl methyl sites for hydroxylation is 3. The lowest BCUT2D eigenvalue weighted by Gasteiger charge is -2.25. The summed E-state index contributed by atoms with van der Waals surface area (Å²) in [7, 11) is 0. The maximum Gasteiger partial charge on any atom is 0.0436 e. The zero-order chi connectivity index (χ0) is 11.7. The molecular formula is C15H22N2. The molecule has 0 bridgehead atoms. The first-order valence-corrected chi connectivity index (χ1v) is 7.01. The normalized spacial score (nSPS) is 25.6. The van der Waals surface area contributed by atoms with Crippen molar-refractivity contribution in [2.45, 2.75) is 51.5 Å². The molecule has 1 aromatic heterocycles. The molecule has 2 heteroatoms. The molecule has 0 N–H and O–H groups in total. The second-order valence-electron chi connectivity index (χ2n) is 5.59. The van der Waals surface area contributed by atoms with Gasteiger partial charge in [-0.1, -0.05) is 6.07 Å². The molecule has 0 spiro atoms. The second-order valence-corrected chi connectivity index (χ2v) is 5.59. The van der Waals surface area contributed by atoms with Crippen molar-refractivity contribution in [2.24, 2.45) is 0 Å². The van der Waals surface area contributed by atoms with E-state index in [1.165, 1.54) is 68.4 Å². The van der Waals surface area contributed by atoms with Crippen molar-refractivity contribution in [1.82, 2.24) is 9.88 Å². The molecule has 3 rings (SSSR count). The minimum absolute atomic E-state index is 0.812. The number of hydrogen-bond donors (Lipinski definition) is 0. The van der Waals surface area contributed by atoms with Gasteiger partial charge in [0, 0.05) is 17.9 Å². The van der Waals surface area contributed by atoms with Gasteiger partial charge in [0.25, 0.3) is 0 Å². The maximum absolute atomic E-state index is 4.62. The zero-order valence-electron chi connectivity index (χ0n) is 10.8. The number of pyridine rings is 1. The molecule has 0 amide bonds. The SMILES string of the molecule is Cc1cnc2c(c1)CC[C@H](N1CCCC1)CC2. The fourth-order valence-electron chi connectivity index (χ4n) is 3.34. The molecule has 2 aliphatic rings. The van der Waals surface area contributed by atoms with Crippen LogP contribution >= 0.6 is 0 Å². The van der Waals surface area contributed by atoms with Gasteiger partial charge in [-0.3, -0.25) is 4.98 Å². The van der Waals surface area contributed by atoms with Crippen molar-refractivity contribution < 1.29 is 0 Å². The van der Waals surface area contributed by atoms with E-state index in [0.717, 1.165) is 6.04 Å². The van der Waals surface area contributed by atoms with Crippen LogP contribution in [-0.4, -0.2) is 29.0 Å². The number of fused-ring (bicyclic) bond motifs is 1. The predicted molar refractivity (Wildman–Crippen MR) is 70.2 cm³/mol. The van der Waals surface area contributed by atoms with E-state index in [2.05, 4.69) is 22.9 Å². The van der Waals surface area contributed by atoms with Crippen LogP contribution < -0.4 is 0 Å². The van der Waals surface area contributed by atoms with E-state index < -0.39 is 0 Å². The molecule has 0 aromatic carbocycles. The van der Waals surface area contributed by atoms with Crippen LogP contribution in [-0.2, 0) is 12.8 Å². The second kappa shape index (κ2) is 4.77. The quantitative estimate of drug-likeness (QED) is 0.690. The summed E-state index contributed by atoms with van der Waals surface area (Å²) in [6.45, 7) is 4.80. The molecule has 92 valence electrons. The highest BCUT2D eigenvalue weighted by Crippen LogP contribution is 2.25. The van der Waals surface area contributed by atoms with Crippen LogP contribution in [0.4, 0.5) is 0 Å². The van der Waals surface area contributed by atoms with Crippen molar-refractivity contribution in [1.29, 1.82) is 0 Å². The summed E-state index contributed by atoms with van der Waals surface area (Å²) in [6, 6.07) is 3.15. The third kappa shape index (κ3) is 2.37. The van der Waals surface area contributed by atoms with E-state index in [-0.39, 0.29) is 0 Å². The van der Waals surface area contributed by atoms with E-state index in [1.54, 1.807) is 0 Å². The summed E-state index contributed by atoms with van der Waals surface area (Å²) in [5.41, 5.74) is 4.17. The van der Waals surface area contributed by atoms with Crippen molar-refractivity contribution in [3.63, 3.8) is 0 Å². The molecule has 1 aliphatic heterocycles. The summed E-state index contributed by atoms with van der Waals surface area (Å²) in [5.74, 6) is 0. The van der Waals surface area contributed by atoms with Gasteiger partial charge < -0.3 is 4.90 Å². The van der Waals surface area contributed by atoms with Crippen LogP contribution in [0, 0.1) is 6.92 Å². The predicted octanol–water partition coefficient (Wildman–Crippen LogP) is 2.73. The van der Waals surface area contributed by atoms with Crippen LogP contribution in [0.15, 0.2) is 12.3 Å². The summed E-state index contributed by atoms with van der Waals surface area (Å²) in [4.78, 5) is 7.33. The van der Waals surface area contributed by atoms with E-state index in [1.807, 2.05) is 6.20 Å². The Labute approximate surface area is 104 Å². The Hall–Kier alpha value is -0.890. The zero-order valence-corrected chi connectivity index (χ0v) is 10.8. The lowest BCUT2D eigenvalue weighted by Crippen LogP contribution is -2.32. The minimum Gasteiger partial charge on any atom is -0.300 e. The minimum atomic E-state index is 0.812. The number of rotatable bonds is 1. The number of hydrogen-bond acceptors (Lipinski definition) is 2. The van der Waals surface area contributed by atoms with Crippen molar-refractivity contribution in [2.75, 3.05) is 13.1 Å². The number of nitrogens with zero attached hydrogens (tertiary/aromatic N) is 2. The summed E-state index contributed by atoms with van der Waals surface area (Å²) in [5, 5.41) is 0. The molecular weight excluding hydrogens is 208 g/mol. The van der Waals surface area contributed by atoms with Crippen LogP contribution in [0.25, 0.3) is 0 Å². The van der Waals surface area contributed by atoms with Gasteiger partial charge in [-0.25, -0.2) is 0 Å². The summed E-state index contributed by atoms with van der Waals surface area (Å²) >= 11 is 0. The molecule has 2 nitrogen and oxygen atoms in total. The fraction of sp³-hybridized carbons (Fsp3) is 0.667. The Morgan fingerprint density at radius 3 is 2.76 bits per heavy atom. The first kappa shape index (κ1) is 11.2. The third-order valence-electron chi connectivity index (χ3n) is 4.31. The van der Waals surface area contributed by atoms with E-state index in [9.17, 15) is 0 Å². The molecule has 2 heterocycles. The fourth-order valence-corrected chi connectivity index (χ4v) is 3.34. The molecule has 0 saturated carbocycles. The Balaban J connectivity index is 1.74. The lowest BCUT2D eigenvalue weighted by molar-refractivity contribution is 0.222. The molecule has 1 aliphatic carbocycles. The Kier molecular flexibility index (Phi) is 3.15. The average molecular weight is 230 g/mol. The summed E-state index contributed by atoms with van der Waals surface area (Å²) in [6.07, 6.45) is 9.87. The van der Waals surface area contributed by atoms with Gasteiger partial charge in [0.1, 0.15) is 0 Å². The van der Waals surface area contributed by atoms with Gasteiger partial charge in [0.15, 0.2) is 0 Å². The molecule has 0 radical (unpaired) electrons. The van der Waals surface area contributed by atoms with E-state index in [4.69, 9.17) is 0 Å². The van der Waals surface area contributed by atoms with Gasteiger partial charge in [-0.05, 0) is 69.7 Å². The van der Waals surface area contributed by atoms with Crippen LogP contribution in [0.5, 0.6) is 0 Å². The third-order valence-corrected chi connectivity index (χ3v) is 4.31. The first-order valence-electron chi connectivity index (χ1n) is 7.01. The summed E-state index contributed by atoms with van der Waals surface area (Å²) < 4.78 is 0. The number of aromatic nitrogens is 1. The van der Waals surface area contributed by atoms with Crippen LogP contribution in [0.3, 0.4) is 0 Å². The van der Waals surface area contributed by atoms with Crippen molar-refractivity contribution in [3.8, 4) is 0 Å². The maximum atomic E-state index is 4.62. The molecule has 1 aromatic rings. The topological polar surface area (TPSA) is 16.1 Å². The monoisotopic (exact) mass is 230 g/mol. The van der Waals surface area contributed by atoms with Gasteiger partial charge >= 0.3 is 0 Å². The van der Waals surface area contributed by atoms with Gasteiger partial charge in [0.05, 0.1) is 0 Å². The Morgan fingerprint density at radius 2 is 1.94 bits per heavy atom. The molecule has 1 atom stereocenters. The smallest absolute Gasteiger partial charge is 0.0436 e. The highest BCUT2D eigenvalue weighted by atomic mass is 15.2. The van der Waals surface area contributed by atoms with Crippen molar-refractivity contribution >= 4 is 0 Å². The molecule has 1 fully saturated rings. The Morgan fingerprint density at radius 1 is 1.18 bits per heavy atom. The van der Waals surface area contributed by atoms with Gasteiger partial charge in [0.2, 0.25) is 0 Å². The van der Waals surface area contributed by atoms with Crippen LogP contribution in [0.1, 0.15) is 42.5 Å². The first-order chi connectivity index (χ1) is 8.33. The van der Waals surface area contributed by atoms with Gasteiger partial charge in [-0.2, -0.15) is 0 Å². The molecule has 1 saturated heterocycles. The van der Waals surface area contributed by atoms with E-state index >= 15 is 0 Å². The van der Waals surface area contributed by atoms with Crippen LogP contribution in [0.2, 0.25) is 0 Å². The Bertz CT molecular complexity index is 394.